The Balaban J connectivity index is 2.57. The first kappa shape index (κ1) is 12.0. The van der Waals surface area contributed by atoms with Crippen molar-refractivity contribution in [2.75, 3.05) is 13.1 Å². The summed E-state index contributed by atoms with van der Waals surface area (Å²) >= 11 is 0. The van der Waals surface area contributed by atoms with Crippen LogP contribution in [-0.4, -0.2) is 29.3 Å². The number of nitrogens with two attached hydrogens (primary N) is 1. The maximum absolute atomic E-state index is 9.15. The zero-order valence-electron chi connectivity index (χ0n) is 9.48. The number of rotatable bonds is 5. The van der Waals surface area contributed by atoms with Gasteiger partial charge in [-0.2, -0.15) is 0 Å². The Labute approximate surface area is 91.5 Å². The van der Waals surface area contributed by atoms with Crippen molar-refractivity contribution in [1.82, 2.24) is 4.90 Å². The molecular formula is C12H20N2O. The van der Waals surface area contributed by atoms with Crippen LogP contribution in [0.15, 0.2) is 24.3 Å². The van der Waals surface area contributed by atoms with Gasteiger partial charge in [0.15, 0.2) is 0 Å². The van der Waals surface area contributed by atoms with Gasteiger partial charge in [0.25, 0.3) is 0 Å². The molecule has 1 aromatic rings. The molecule has 0 amide bonds. The molecule has 0 aromatic heterocycles. The van der Waals surface area contributed by atoms with Gasteiger partial charge in [-0.25, -0.2) is 0 Å². The highest BCUT2D eigenvalue weighted by Gasteiger charge is 2.10. The summed E-state index contributed by atoms with van der Waals surface area (Å²) in [6.07, 6.45) is 0.881. The Morgan fingerprint density at radius 1 is 1.20 bits per heavy atom. The van der Waals surface area contributed by atoms with Gasteiger partial charge >= 0.3 is 0 Å². The molecule has 84 valence electrons. The summed E-state index contributed by atoms with van der Waals surface area (Å²) in [6, 6.07) is 7.23. The van der Waals surface area contributed by atoms with Crippen molar-refractivity contribution in [3.05, 3.63) is 29.8 Å². The minimum atomic E-state index is 0.0598. The number of hydrogen-bond donors (Lipinski definition) is 2. The Morgan fingerprint density at radius 3 is 2.20 bits per heavy atom. The second-order valence-electron chi connectivity index (χ2n) is 3.66. The average molecular weight is 208 g/mol. The van der Waals surface area contributed by atoms with Crippen molar-refractivity contribution in [3.8, 4) is 5.75 Å². The zero-order chi connectivity index (χ0) is 11.3. The van der Waals surface area contributed by atoms with Crippen LogP contribution in [0.4, 0.5) is 0 Å². The molecule has 0 aliphatic heterocycles. The summed E-state index contributed by atoms with van der Waals surface area (Å²) in [5, 5.41) is 9.15. The van der Waals surface area contributed by atoms with Crippen LogP contribution >= 0.6 is 0 Å². The highest BCUT2D eigenvalue weighted by molar-refractivity contribution is 5.26. The van der Waals surface area contributed by atoms with E-state index in [1.54, 1.807) is 12.1 Å². The smallest absolute Gasteiger partial charge is 0.115 e. The van der Waals surface area contributed by atoms with Crippen LogP contribution < -0.4 is 5.73 Å². The summed E-state index contributed by atoms with van der Waals surface area (Å²) in [7, 11) is 0. The molecule has 1 rings (SSSR count). The van der Waals surface area contributed by atoms with Crippen molar-refractivity contribution in [2.24, 2.45) is 5.73 Å². The van der Waals surface area contributed by atoms with Gasteiger partial charge in [0.2, 0.25) is 0 Å². The van der Waals surface area contributed by atoms with E-state index in [4.69, 9.17) is 10.8 Å². The number of likely N-dealkylation sites (N-methyl/N-ethyl adjacent to an activating group) is 1. The summed E-state index contributed by atoms with van der Waals surface area (Å²) < 4.78 is 0. The molecule has 1 atom stereocenters. The zero-order valence-corrected chi connectivity index (χ0v) is 9.48. The van der Waals surface area contributed by atoms with Crippen molar-refractivity contribution in [1.29, 1.82) is 0 Å². The third-order valence-electron chi connectivity index (χ3n) is 2.66. The first-order valence-electron chi connectivity index (χ1n) is 5.44. The highest BCUT2D eigenvalue weighted by atomic mass is 16.3. The number of nitrogens with zero attached hydrogens (tertiary/aromatic N) is 1. The van der Waals surface area contributed by atoms with Gasteiger partial charge in [0, 0.05) is 6.42 Å². The van der Waals surface area contributed by atoms with E-state index in [2.05, 4.69) is 18.7 Å². The second kappa shape index (κ2) is 5.73. The Hall–Kier alpha value is -1.06. The van der Waals surface area contributed by atoms with E-state index in [-0.39, 0.29) is 6.17 Å². The van der Waals surface area contributed by atoms with Gasteiger partial charge in [0.05, 0.1) is 6.17 Å². The topological polar surface area (TPSA) is 49.5 Å². The quantitative estimate of drug-likeness (QED) is 0.722. The van der Waals surface area contributed by atoms with Crippen LogP contribution in [-0.2, 0) is 6.42 Å². The number of aromatic hydroxyl groups is 1. The molecule has 3 heteroatoms. The second-order valence-corrected chi connectivity index (χ2v) is 3.66. The monoisotopic (exact) mass is 208 g/mol. The fourth-order valence-corrected chi connectivity index (χ4v) is 1.70. The molecule has 1 unspecified atom stereocenters. The summed E-state index contributed by atoms with van der Waals surface area (Å²) in [5.74, 6) is 0.301. The fraction of sp³-hybridized carbons (Fsp3) is 0.500. The van der Waals surface area contributed by atoms with Gasteiger partial charge in [-0.1, -0.05) is 26.0 Å². The van der Waals surface area contributed by atoms with Gasteiger partial charge < -0.3 is 10.8 Å². The Bertz CT molecular complexity index is 280. The van der Waals surface area contributed by atoms with Gasteiger partial charge in [-0.3, -0.25) is 4.90 Å². The van der Waals surface area contributed by atoms with Crippen LogP contribution in [0.2, 0.25) is 0 Å². The van der Waals surface area contributed by atoms with E-state index >= 15 is 0 Å². The normalized spacial score (nSPS) is 13.1. The van der Waals surface area contributed by atoms with Gasteiger partial charge in [-0.05, 0) is 30.8 Å². The molecular weight excluding hydrogens is 188 g/mol. The van der Waals surface area contributed by atoms with Gasteiger partial charge in [-0.15, -0.1) is 0 Å². The van der Waals surface area contributed by atoms with Crippen molar-refractivity contribution in [3.63, 3.8) is 0 Å². The molecule has 0 heterocycles. The maximum Gasteiger partial charge on any atom is 0.115 e. The van der Waals surface area contributed by atoms with Crippen LogP contribution in [0.5, 0.6) is 5.75 Å². The summed E-state index contributed by atoms with van der Waals surface area (Å²) in [6.45, 7) is 6.16. The summed E-state index contributed by atoms with van der Waals surface area (Å²) in [5.41, 5.74) is 7.23. The molecule has 0 saturated carbocycles. The molecule has 0 spiro atoms. The van der Waals surface area contributed by atoms with Crippen molar-refractivity contribution in [2.45, 2.75) is 26.4 Å². The SMILES string of the molecule is CCN(CC)C(N)Cc1ccc(O)cc1. The summed E-state index contributed by atoms with van der Waals surface area (Å²) in [4.78, 5) is 2.22. The number of benzene rings is 1. The predicted octanol–water partition coefficient (Wildman–Crippen LogP) is 1.56. The Morgan fingerprint density at radius 2 is 1.73 bits per heavy atom. The molecule has 0 aliphatic rings. The molecule has 3 N–H and O–H groups in total. The van der Waals surface area contributed by atoms with E-state index in [9.17, 15) is 0 Å². The van der Waals surface area contributed by atoms with Crippen molar-refractivity contribution >= 4 is 0 Å². The lowest BCUT2D eigenvalue weighted by Crippen LogP contribution is -2.43. The Kier molecular flexibility index (Phi) is 4.59. The van der Waals surface area contributed by atoms with E-state index < -0.39 is 0 Å². The minimum absolute atomic E-state index is 0.0598. The highest BCUT2D eigenvalue weighted by Crippen LogP contribution is 2.11. The minimum Gasteiger partial charge on any atom is -0.508 e. The van der Waals surface area contributed by atoms with Crippen LogP contribution in [0.25, 0.3) is 0 Å². The molecule has 0 saturated heterocycles. The molecule has 0 radical (unpaired) electrons. The lowest BCUT2D eigenvalue weighted by molar-refractivity contribution is 0.220. The fourth-order valence-electron chi connectivity index (χ4n) is 1.70. The third-order valence-corrected chi connectivity index (χ3v) is 2.66. The largest absolute Gasteiger partial charge is 0.508 e. The van der Waals surface area contributed by atoms with Gasteiger partial charge in [0.1, 0.15) is 5.75 Å². The van der Waals surface area contributed by atoms with Crippen LogP contribution in [0, 0.1) is 0 Å². The van der Waals surface area contributed by atoms with Crippen LogP contribution in [0.1, 0.15) is 19.4 Å². The molecule has 0 fully saturated rings. The number of hydrogen-bond acceptors (Lipinski definition) is 3. The van der Waals surface area contributed by atoms with E-state index in [0.717, 1.165) is 25.1 Å². The standard InChI is InChI=1S/C12H20N2O/c1-3-14(4-2)12(13)9-10-5-7-11(15)8-6-10/h5-8,12,15H,3-4,9,13H2,1-2H3. The van der Waals surface area contributed by atoms with Crippen molar-refractivity contribution < 1.29 is 5.11 Å². The molecule has 3 nitrogen and oxygen atoms in total. The van der Waals surface area contributed by atoms with E-state index in [1.165, 1.54) is 0 Å². The first-order chi connectivity index (χ1) is 7.17. The third kappa shape index (κ3) is 3.53. The van der Waals surface area contributed by atoms with E-state index in [0.29, 0.717) is 5.75 Å². The molecule has 0 aliphatic carbocycles. The lowest BCUT2D eigenvalue weighted by atomic mass is 10.1. The number of phenols is 1. The average Bonchev–Trinajstić information content (AvgIpc) is 2.23. The van der Waals surface area contributed by atoms with Crippen LogP contribution in [0.3, 0.4) is 0 Å². The predicted molar refractivity (Wildman–Crippen MR) is 62.7 cm³/mol. The first-order valence-corrected chi connectivity index (χ1v) is 5.44. The maximum atomic E-state index is 9.15. The molecule has 0 bridgehead atoms. The number of phenolic OH excluding ortho intramolecular Hbond substituents is 1. The van der Waals surface area contributed by atoms with E-state index in [1.807, 2.05) is 12.1 Å². The molecule has 15 heavy (non-hydrogen) atoms. The molecule has 1 aromatic carbocycles. The lowest BCUT2D eigenvalue weighted by Gasteiger charge is -2.26.